The zero-order valence-electron chi connectivity index (χ0n) is 9.29. The lowest BCUT2D eigenvalue weighted by atomic mass is 9.99. The third-order valence-electron chi connectivity index (χ3n) is 3.13. The number of nitrogens with zero attached hydrogens (tertiary/aromatic N) is 1. The number of aromatic amines is 1. The zero-order chi connectivity index (χ0) is 10.5. The number of nitrogens with one attached hydrogen (secondary N) is 3. The van der Waals surface area contributed by atoms with Crippen molar-refractivity contribution in [2.24, 2.45) is 5.92 Å². The summed E-state index contributed by atoms with van der Waals surface area (Å²) >= 11 is 0. The number of H-pyrrole nitrogens is 1. The number of rotatable bonds is 4. The van der Waals surface area contributed by atoms with Gasteiger partial charge in [0.2, 0.25) is 0 Å². The molecule has 1 aliphatic rings. The highest BCUT2D eigenvalue weighted by Gasteiger charge is 2.14. The van der Waals surface area contributed by atoms with Crippen LogP contribution in [0.25, 0.3) is 0 Å². The quantitative estimate of drug-likeness (QED) is 0.693. The van der Waals surface area contributed by atoms with Crippen LogP contribution in [0.4, 0.5) is 0 Å². The third kappa shape index (κ3) is 3.04. The summed E-state index contributed by atoms with van der Waals surface area (Å²) in [5.74, 6) is 0.785. The predicted molar refractivity (Wildman–Crippen MR) is 60.6 cm³/mol. The first-order valence-corrected chi connectivity index (χ1v) is 5.79. The zero-order valence-corrected chi connectivity index (χ0v) is 9.29. The van der Waals surface area contributed by atoms with Gasteiger partial charge in [-0.1, -0.05) is 0 Å². The van der Waals surface area contributed by atoms with Crippen LogP contribution in [0.1, 0.15) is 31.4 Å². The predicted octanol–water partition coefficient (Wildman–Crippen LogP) is 1.06. The fraction of sp³-hybridized carbons (Fsp3) is 0.727. The molecule has 0 amide bonds. The van der Waals surface area contributed by atoms with E-state index in [0.717, 1.165) is 19.0 Å². The maximum absolute atomic E-state index is 3.96. The molecular weight excluding hydrogens is 188 g/mol. The van der Waals surface area contributed by atoms with Crippen molar-refractivity contribution in [2.75, 3.05) is 19.6 Å². The number of piperidine rings is 1. The van der Waals surface area contributed by atoms with Crippen LogP contribution >= 0.6 is 0 Å². The van der Waals surface area contributed by atoms with Crippen LogP contribution in [0, 0.1) is 5.92 Å². The van der Waals surface area contributed by atoms with Gasteiger partial charge in [-0.05, 0) is 45.3 Å². The van der Waals surface area contributed by atoms with E-state index >= 15 is 0 Å². The Balaban J connectivity index is 1.73. The molecular formula is C11H20N4. The van der Waals surface area contributed by atoms with E-state index in [9.17, 15) is 0 Å². The second kappa shape index (κ2) is 5.28. The van der Waals surface area contributed by atoms with Gasteiger partial charge in [-0.2, -0.15) is 5.10 Å². The van der Waals surface area contributed by atoms with E-state index in [2.05, 4.69) is 27.8 Å². The Hall–Kier alpha value is -0.870. The summed E-state index contributed by atoms with van der Waals surface area (Å²) in [6, 6.07) is 0.394. The van der Waals surface area contributed by atoms with Crippen LogP contribution in [0.5, 0.6) is 0 Å². The van der Waals surface area contributed by atoms with E-state index in [-0.39, 0.29) is 0 Å². The van der Waals surface area contributed by atoms with E-state index < -0.39 is 0 Å². The second-order valence-corrected chi connectivity index (χ2v) is 4.37. The monoisotopic (exact) mass is 208 g/mol. The van der Waals surface area contributed by atoms with E-state index in [0.29, 0.717) is 6.04 Å². The lowest BCUT2D eigenvalue weighted by Gasteiger charge is -2.24. The maximum Gasteiger partial charge on any atom is 0.0534 e. The lowest BCUT2D eigenvalue weighted by Crippen LogP contribution is -2.36. The Morgan fingerprint density at radius 1 is 1.67 bits per heavy atom. The van der Waals surface area contributed by atoms with Crippen molar-refractivity contribution in [3.63, 3.8) is 0 Å². The molecule has 4 heteroatoms. The first kappa shape index (κ1) is 10.6. The van der Waals surface area contributed by atoms with Crippen molar-refractivity contribution >= 4 is 0 Å². The van der Waals surface area contributed by atoms with Crippen LogP contribution in [-0.4, -0.2) is 29.8 Å². The molecule has 2 unspecified atom stereocenters. The molecule has 0 aromatic carbocycles. The van der Waals surface area contributed by atoms with Crippen molar-refractivity contribution in [1.29, 1.82) is 0 Å². The molecule has 0 spiro atoms. The van der Waals surface area contributed by atoms with Crippen molar-refractivity contribution in [3.05, 3.63) is 18.0 Å². The van der Waals surface area contributed by atoms with E-state index in [1.165, 1.54) is 24.9 Å². The maximum atomic E-state index is 3.96. The average molecular weight is 208 g/mol. The van der Waals surface area contributed by atoms with Gasteiger partial charge in [-0.3, -0.25) is 5.10 Å². The highest BCUT2D eigenvalue weighted by atomic mass is 15.1. The van der Waals surface area contributed by atoms with E-state index in [1.54, 1.807) is 0 Å². The molecule has 1 fully saturated rings. The summed E-state index contributed by atoms with van der Waals surface area (Å²) in [4.78, 5) is 0. The van der Waals surface area contributed by atoms with Crippen molar-refractivity contribution in [1.82, 2.24) is 20.8 Å². The van der Waals surface area contributed by atoms with E-state index in [4.69, 9.17) is 0 Å². The Morgan fingerprint density at radius 2 is 2.60 bits per heavy atom. The van der Waals surface area contributed by atoms with Gasteiger partial charge in [0.1, 0.15) is 0 Å². The van der Waals surface area contributed by atoms with Crippen molar-refractivity contribution < 1.29 is 0 Å². The van der Waals surface area contributed by atoms with Gasteiger partial charge in [0.15, 0.2) is 0 Å². The van der Waals surface area contributed by atoms with Gasteiger partial charge in [0, 0.05) is 17.8 Å². The SMILES string of the molecule is CC(NCC1CCCNC1)c1cn[nH]c1. The number of aromatic nitrogens is 2. The molecule has 1 aromatic heterocycles. The summed E-state index contributed by atoms with van der Waals surface area (Å²) in [7, 11) is 0. The Labute approximate surface area is 90.8 Å². The molecule has 2 heterocycles. The summed E-state index contributed by atoms with van der Waals surface area (Å²) < 4.78 is 0. The number of hydrogen-bond acceptors (Lipinski definition) is 3. The molecule has 3 N–H and O–H groups in total. The van der Waals surface area contributed by atoms with Crippen LogP contribution in [0.2, 0.25) is 0 Å². The van der Waals surface area contributed by atoms with Crippen LogP contribution in [-0.2, 0) is 0 Å². The molecule has 2 rings (SSSR count). The standard InChI is InChI=1S/C11H20N4/c1-9(11-7-14-15-8-11)13-6-10-3-2-4-12-5-10/h7-10,12-13H,2-6H2,1H3,(H,14,15). The Morgan fingerprint density at radius 3 is 3.27 bits per heavy atom. The highest BCUT2D eigenvalue weighted by Crippen LogP contribution is 2.12. The highest BCUT2D eigenvalue weighted by molar-refractivity contribution is 5.07. The normalized spacial score (nSPS) is 23.9. The second-order valence-electron chi connectivity index (χ2n) is 4.37. The van der Waals surface area contributed by atoms with Crippen molar-refractivity contribution in [2.45, 2.75) is 25.8 Å². The largest absolute Gasteiger partial charge is 0.316 e. The smallest absolute Gasteiger partial charge is 0.0534 e. The van der Waals surface area contributed by atoms with Crippen molar-refractivity contribution in [3.8, 4) is 0 Å². The molecule has 0 radical (unpaired) electrons. The van der Waals surface area contributed by atoms with Gasteiger partial charge >= 0.3 is 0 Å². The number of hydrogen-bond donors (Lipinski definition) is 3. The molecule has 84 valence electrons. The topological polar surface area (TPSA) is 52.7 Å². The molecule has 0 saturated carbocycles. The first-order valence-electron chi connectivity index (χ1n) is 5.79. The molecule has 15 heavy (non-hydrogen) atoms. The molecule has 0 aliphatic carbocycles. The fourth-order valence-electron chi connectivity index (χ4n) is 2.06. The minimum atomic E-state index is 0.394. The van der Waals surface area contributed by atoms with Gasteiger partial charge in [0.05, 0.1) is 6.20 Å². The van der Waals surface area contributed by atoms with Gasteiger partial charge in [0.25, 0.3) is 0 Å². The average Bonchev–Trinajstić information content (AvgIpc) is 2.81. The fourth-order valence-corrected chi connectivity index (χ4v) is 2.06. The van der Waals surface area contributed by atoms with Gasteiger partial charge in [-0.15, -0.1) is 0 Å². The van der Waals surface area contributed by atoms with Crippen LogP contribution in [0.15, 0.2) is 12.4 Å². The summed E-state index contributed by atoms with van der Waals surface area (Å²) in [6.07, 6.45) is 6.50. The Kier molecular flexibility index (Phi) is 3.75. The summed E-state index contributed by atoms with van der Waals surface area (Å²) in [5.41, 5.74) is 1.23. The minimum absolute atomic E-state index is 0.394. The molecule has 1 saturated heterocycles. The lowest BCUT2D eigenvalue weighted by molar-refractivity contribution is 0.348. The van der Waals surface area contributed by atoms with Crippen LogP contribution in [0.3, 0.4) is 0 Å². The molecule has 1 aromatic rings. The van der Waals surface area contributed by atoms with Crippen LogP contribution < -0.4 is 10.6 Å². The summed E-state index contributed by atoms with van der Waals surface area (Å²) in [5, 5.41) is 13.8. The van der Waals surface area contributed by atoms with Gasteiger partial charge < -0.3 is 10.6 Å². The summed E-state index contributed by atoms with van der Waals surface area (Å²) in [6.45, 7) is 5.62. The Bertz CT molecular complexity index is 264. The molecule has 0 bridgehead atoms. The molecule has 1 aliphatic heterocycles. The van der Waals surface area contributed by atoms with E-state index in [1.807, 2.05) is 12.4 Å². The van der Waals surface area contributed by atoms with Gasteiger partial charge in [-0.25, -0.2) is 0 Å². The molecule has 2 atom stereocenters. The minimum Gasteiger partial charge on any atom is -0.316 e. The third-order valence-corrected chi connectivity index (χ3v) is 3.13. The molecule has 4 nitrogen and oxygen atoms in total. The first-order chi connectivity index (χ1) is 7.36.